The lowest BCUT2D eigenvalue weighted by Gasteiger charge is -2.27. The molecular formula is C16H24Cl2N2O2. The van der Waals surface area contributed by atoms with Crippen molar-refractivity contribution in [3.8, 4) is 5.75 Å². The van der Waals surface area contributed by atoms with Crippen LogP contribution in [0.15, 0.2) is 24.3 Å². The largest absolute Gasteiger partial charge is 0.487 e. The van der Waals surface area contributed by atoms with Gasteiger partial charge in [0.05, 0.1) is 11.6 Å². The molecule has 1 aromatic rings. The van der Waals surface area contributed by atoms with Crippen LogP contribution in [0.2, 0.25) is 5.02 Å². The standard InChI is InChI=1S/C16H23ClN2O2.ClH/c1-11-9-13(7-8-18-11)16(20)19-10-12(2)21-15-6-4-3-5-14(15)17;/h3-6,11-13,18H,7-10H2,1-2H3,(H,19,20);1H/t11-,12?,13-;/m0./s1. The number of carbonyl (C=O) groups is 1. The summed E-state index contributed by atoms with van der Waals surface area (Å²) in [6, 6.07) is 7.77. The normalized spacial score (nSPS) is 22.3. The van der Waals surface area contributed by atoms with Gasteiger partial charge in [-0.3, -0.25) is 4.79 Å². The molecule has 1 aromatic carbocycles. The molecule has 1 unspecified atom stereocenters. The minimum Gasteiger partial charge on any atom is -0.487 e. The quantitative estimate of drug-likeness (QED) is 0.861. The molecule has 124 valence electrons. The van der Waals surface area contributed by atoms with Gasteiger partial charge in [0.2, 0.25) is 5.91 Å². The number of rotatable bonds is 5. The first kappa shape index (κ1) is 19.1. The summed E-state index contributed by atoms with van der Waals surface area (Å²) in [6.45, 7) is 5.44. The average Bonchev–Trinajstić information content (AvgIpc) is 2.47. The predicted octanol–water partition coefficient (Wildman–Crippen LogP) is 3.03. The Morgan fingerprint density at radius 3 is 2.91 bits per heavy atom. The lowest BCUT2D eigenvalue weighted by atomic mass is 9.92. The predicted molar refractivity (Wildman–Crippen MR) is 92.0 cm³/mol. The Bertz CT molecular complexity index is 485. The molecule has 1 saturated heterocycles. The summed E-state index contributed by atoms with van der Waals surface area (Å²) in [5.74, 6) is 0.878. The lowest BCUT2D eigenvalue weighted by molar-refractivity contribution is -0.126. The van der Waals surface area contributed by atoms with Crippen LogP contribution in [0.25, 0.3) is 0 Å². The molecule has 3 atom stereocenters. The zero-order valence-electron chi connectivity index (χ0n) is 13.0. The van der Waals surface area contributed by atoms with E-state index in [0.717, 1.165) is 19.4 Å². The fourth-order valence-electron chi connectivity index (χ4n) is 2.56. The molecule has 1 aliphatic heterocycles. The Balaban J connectivity index is 0.00000242. The highest BCUT2D eigenvalue weighted by atomic mass is 35.5. The molecule has 1 amide bonds. The van der Waals surface area contributed by atoms with Crippen molar-refractivity contribution in [2.24, 2.45) is 5.92 Å². The molecule has 4 nitrogen and oxygen atoms in total. The van der Waals surface area contributed by atoms with Gasteiger partial charge in [0.15, 0.2) is 0 Å². The maximum Gasteiger partial charge on any atom is 0.223 e. The highest BCUT2D eigenvalue weighted by Gasteiger charge is 2.24. The SMILES string of the molecule is CC(CNC(=O)[C@H]1CCN[C@@H](C)C1)Oc1ccccc1Cl.Cl. The number of amides is 1. The summed E-state index contributed by atoms with van der Waals surface area (Å²) in [4.78, 5) is 12.1. The zero-order chi connectivity index (χ0) is 15.2. The zero-order valence-corrected chi connectivity index (χ0v) is 14.5. The highest BCUT2D eigenvalue weighted by Crippen LogP contribution is 2.24. The molecule has 1 heterocycles. The van der Waals surface area contributed by atoms with E-state index in [1.165, 1.54) is 0 Å². The summed E-state index contributed by atoms with van der Waals surface area (Å²) >= 11 is 6.05. The van der Waals surface area contributed by atoms with E-state index in [9.17, 15) is 4.79 Å². The Morgan fingerprint density at radius 2 is 2.23 bits per heavy atom. The molecule has 0 aromatic heterocycles. The van der Waals surface area contributed by atoms with Gasteiger partial charge in [-0.1, -0.05) is 23.7 Å². The smallest absolute Gasteiger partial charge is 0.223 e. The Labute approximate surface area is 143 Å². The van der Waals surface area contributed by atoms with Crippen LogP contribution in [0.1, 0.15) is 26.7 Å². The number of piperidine rings is 1. The first-order valence-electron chi connectivity index (χ1n) is 7.48. The number of halogens is 2. The third-order valence-electron chi connectivity index (χ3n) is 3.72. The van der Waals surface area contributed by atoms with E-state index in [0.29, 0.717) is 23.4 Å². The van der Waals surface area contributed by atoms with Crippen LogP contribution in [-0.4, -0.2) is 31.1 Å². The molecule has 0 aliphatic carbocycles. The second kappa shape index (κ2) is 9.23. The van der Waals surface area contributed by atoms with Crippen molar-refractivity contribution in [2.75, 3.05) is 13.1 Å². The molecule has 22 heavy (non-hydrogen) atoms. The van der Waals surface area contributed by atoms with Crippen molar-refractivity contribution in [1.82, 2.24) is 10.6 Å². The molecule has 2 N–H and O–H groups in total. The maximum absolute atomic E-state index is 12.1. The first-order valence-corrected chi connectivity index (χ1v) is 7.86. The fourth-order valence-corrected chi connectivity index (χ4v) is 2.74. The number of carbonyl (C=O) groups excluding carboxylic acids is 1. The molecule has 0 saturated carbocycles. The van der Waals surface area contributed by atoms with Crippen LogP contribution in [-0.2, 0) is 4.79 Å². The average molecular weight is 347 g/mol. The van der Waals surface area contributed by atoms with Gasteiger partial charge < -0.3 is 15.4 Å². The summed E-state index contributed by atoms with van der Waals surface area (Å²) < 4.78 is 5.74. The van der Waals surface area contributed by atoms with E-state index in [1.54, 1.807) is 6.07 Å². The summed E-state index contributed by atoms with van der Waals surface area (Å²) in [7, 11) is 0. The molecule has 0 spiro atoms. The Hall–Kier alpha value is -0.970. The minimum absolute atomic E-state index is 0. The van der Waals surface area contributed by atoms with Crippen LogP contribution >= 0.6 is 24.0 Å². The van der Waals surface area contributed by atoms with Crippen LogP contribution in [0.3, 0.4) is 0 Å². The van der Waals surface area contributed by atoms with Crippen molar-refractivity contribution in [3.63, 3.8) is 0 Å². The van der Waals surface area contributed by atoms with E-state index in [-0.39, 0.29) is 30.3 Å². The van der Waals surface area contributed by atoms with Gasteiger partial charge in [0, 0.05) is 12.0 Å². The van der Waals surface area contributed by atoms with E-state index in [2.05, 4.69) is 17.6 Å². The second-order valence-electron chi connectivity index (χ2n) is 5.68. The maximum atomic E-state index is 12.1. The van der Waals surface area contributed by atoms with E-state index < -0.39 is 0 Å². The molecular weight excluding hydrogens is 323 g/mol. The monoisotopic (exact) mass is 346 g/mol. The molecule has 1 aliphatic rings. The number of hydrogen-bond donors (Lipinski definition) is 2. The summed E-state index contributed by atoms with van der Waals surface area (Å²) in [5, 5.41) is 6.91. The number of ether oxygens (including phenoxy) is 1. The molecule has 6 heteroatoms. The van der Waals surface area contributed by atoms with Crippen molar-refractivity contribution < 1.29 is 9.53 Å². The number of nitrogens with one attached hydrogen (secondary N) is 2. The van der Waals surface area contributed by atoms with Gasteiger partial charge in [-0.15, -0.1) is 12.4 Å². The van der Waals surface area contributed by atoms with Gasteiger partial charge in [-0.25, -0.2) is 0 Å². The molecule has 0 radical (unpaired) electrons. The third kappa shape index (κ3) is 5.67. The first-order chi connectivity index (χ1) is 10.1. The van der Waals surface area contributed by atoms with Crippen LogP contribution in [0, 0.1) is 5.92 Å². The lowest BCUT2D eigenvalue weighted by Crippen LogP contribution is -2.44. The Morgan fingerprint density at radius 1 is 1.50 bits per heavy atom. The topological polar surface area (TPSA) is 50.4 Å². The Kier molecular flexibility index (Phi) is 8.01. The molecule has 1 fully saturated rings. The van der Waals surface area contributed by atoms with Crippen molar-refractivity contribution >= 4 is 29.9 Å². The molecule has 2 rings (SSSR count). The highest BCUT2D eigenvalue weighted by molar-refractivity contribution is 6.32. The van der Waals surface area contributed by atoms with Crippen molar-refractivity contribution in [2.45, 2.75) is 38.8 Å². The van der Waals surface area contributed by atoms with Gasteiger partial charge in [-0.05, 0) is 45.4 Å². The number of benzene rings is 1. The van der Waals surface area contributed by atoms with Crippen molar-refractivity contribution in [1.29, 1.82) is 0 Å². The van der Waals surface area contributed by atoms with Crippen LogP contribution < -0.4 is 15.4 Å². The van der Waals surface area contributed by atoms with Crippen molar-refractivity contribution in [3.05, 3.63) is 29.3 Å². The van der Waals surface area contributed by atoms with E-state index in [1.807, 2.05) is 25.1 Å². The van der Waals surface area contributed by atoms with Gasteiger partial charge in [0.1, 0.15) is 11.9 Å². The summed E-state index contributed by atoms with van der Waals surface area (Å²) in [5.41, 5.74) is 0. The number of hydrogen-bond acceptors (Lipinski definition) is 3. The summed E-state index contributed by atoms with van der Waals surface area (Å²) in [6.07, 6.45) is 1.68. The second-order valence-corrected chi connectivity index (χ2v) is 6.09. The van der Waals surface area contributed by atoms with E-state index >= 15 is 0 Å². The van der Waals surface area contributed by atoms with E-state index in [4.69, 9.17) is 16.3 Å². The van der Waals surface area contributed by atoms with Gasteiger partial charge in [-0.2, -0.15) is 0 Å². The van der Waals surface area contributed by atoms with Gasteiger partial charge in [0.25, 0.3) is 0 Å². The fraction of sp³-hybridized carbons (Fsp3) is 0.562. The van der Waals surface area contributed by atoms with Crippen LogP contribution in [0.5, 0.6) is 5.75 Å². The number of para-hydroxylation sites is 1. The van der Waals surface area contributed by atoms with Crippen LogP contribution in [0.4, 0.5) is 0 Å². The minimum atomic E-state index is -0.118. The molecule has 0 bridgehead atoms. The van der Waals surface area contributed by atoms with Gasteiger partial charge >= 0.3 is 0 Å². The third-order valence-corrected chi connectivity index (χ3v) is 4.04.